The number of anilines is 1. The van der Waals surface area contributed by atoms with Gasteiger partial charge in [0.2, 0.25) is 17.6 Å². The number of carbonyl (C=O) groups is 1. The minimum Gasteiger partial charge on any atom is -0.357 e. The molecule has 0 unspecified atom stereocenters. The van der Waals surface area contributed by atoms with Gasteiger partial charge >= 0.3 is 0 Å². The van der Waals surface area contributed by atoms with E-state index in [1.165, 1.54) is 12.8 Å². The van der Waals surface area contributed by atoms with Crippen molar-refractivity contribution in [1.82, 2.24) is 30.2 Å². The van der Waals surface area contributed by atoms with Crippen molar-refractivity contribution in [2.75, 3.05) is 50.7 Å². The molecule has 0 spiro atoms. The van der Waals surface area contributed by atoms with Crippen LogP contribution in [0.2, 0.25) is 0 Å². The van der Waals surface area contributed by atoms with Crippen molar-refractivity contribution in [1.29, 1.82) is 0 Å². The number of hydrogen-bond acceptors (Lipinski definition) is 8. The number of hydrogen-bond donors (Lipinski definition) is 1. The van der Waals surface area contributed by atoms with Crippen molar-refractivity contribution in [2.24, 2.45) is 0 Å². The van der Waals surface area contributed by atoms with Gasteiger partial charge in [-0.3, -0.25) is 14.6 Å². The maximum absolute atomic E-state index is 11.9. The third-order valence-electron chi connectivity index (χ3n) is 5.54. The van der Waals surface area contributed by atoms with E-state index in [0.29, 0.717) is 24.8 Å². The Morgan fingerprint density at radius 3 is 2.50 bits per heavy atom. The van der Waals surface area contributed by atoms with Crippen LogP contribution in [0.1, 0.15) is 32.6 Å². The van der Waals surface area contributed by atoms with E-state index in [1.807, 2.05) is 32.2 Å². The summed E-state index contributed by atoms with van der Waals surface area (Å²) in [6.45, 7) is 10.7. The molecule has 162 valence electrons. The van der Waals surface area contributed by atoms with E-state index in [1.54, 1.807) is 0 Å². The van der Waals surface area contributed by atoms with E-state index in [2.05, 4.69) is 35.1 Å². The summed E-state index contributed by atoms with van der Waals surface area (Å²) in [6.07, 6.45) is 4.29. The molecule has 9 nitrogen and oxygen atoms in total. The molecule has 4 heterocycles. The van der Waals surface area contributed by atoms with Crippen LogP contribution < -0.4 is 10.2 Å². The highest BCUT2D eigenvalue weighted by Crippen LogP contribution is 2.21. The first-order valence-corrected chi connectivity index (χ1v) is 10.8. The Hall–Kier alpha value is -2.52. The maximum atomic E-state index is 11.9. The van der Waals surface area contributed by atoms with Crippen LogP contribution >= 0.6 is 0 Å². The first kappa shape index (κ1) is 20.7. The molecule has 2 aliphatic heterocycles. The van der Waals surface area contributed by atoms with Crippen LogP contribution in [-0.4, -0.2) is 82.7 Å². The number of amides is 1. The highest BCUT2D eigenvalue weighted by molar-refractivity contribution is 5.78. The van der Waals surface area contributed by atoms with Crippen LogP contribution in [0.3, 0.4) is 0 Å². The van der Waals surface area contributed by atoms with E-state index in [4.69, 9.17) is 4.52 Å². The zero-order valence-electron chi connectivity index (χ0n) is 17.9. The Labute approximate surface area is 177 Å². The Balaban J connectivity index is 1.26. The van der Waals surface area contributed by atoms with Crippen LogP contribution in [0, 0.1) is 0 Å². The summed E-state index contributed by atoms with van der Waals surface area (Å²) in [4.78, 5) is 27.8. The lowest BCUT2D eigenvalue weighted by Gasteiger charge is -2.33. The second-order valence-corrected chi connectivity index (χ2v) is 8.39. The molecule has 4 rings (SSSR count). The molecule has 2 aromatic heterocycles. The van der Waals surface area contributed by atoms with Gasteiger partial charge in [0, 0.05) is 57.1 Å². The van der Waals surface area contributed by atoms with Gasteiger partial charge in [-0.25, -0.2) is 4.98 Å². The predicted octanol–water partition coefficient (Wildman–Crippen LogP) is 1.37. The van der Waals surface area contributed by atoms with Crippen molar-refractivity contribution >= 4 is 11.7 Å². The van der Waals surface area contributed by atoms with Crippen LogP contribution in [-0.2, 0) is 11.3 Å². The minimum absolute atomic E-state index is 0.0874. The third-order valence-corrected chi connectivity index (χ3v) is 5.54. The Morgan fingerprint density at radius 1 is 1.10 bits per heavy atom. The van der Waals surface area contributed by atoms with Gasteiger partial charge in [0.15, 0.2) is 0 Å². The molecule has 2 saturated heterocycles. The SMILES string of the molecule is CC(C)NC(=O)CN1CCN(Cc2nc(-c3ccc(N4CCCC4)nc3)no2)CC1. The van der Waals surface area contributed by atoms with Gasteiger partial charge in [0.05, 0.1) is 13.1 Å². The molecule has 2 aromatic rings. The number of nitrogens with zero attached hydrogens (tertiary/aromatic N) is 6. The molecule has 0 bridgehead atoms. The lowest BCUT2D eigenvalue weighted by atomic mass is 10.2. The molecule has 2 aliphatic rings. The highest BCUT2D eigenvalue weighted by atomic mass is 16.5. The minimum atomic E-state index is 0.0874. The zero-order chi connectivity index (χ0) is 20.9. The highest BCUT2D eigenvalue weighted by Gasteiger charge is 2.21. The summed E-state index contributed by atoms with van der Waals surface area (Å²) in [5, 5.41) is 7.07. The summed E-state index contributed by atoms with van der Waals surface area (Å²) in [5.74, 6) is 2.29. The summed E-state index contributed by atoms with van der Waals surface area (Å²) in [7, 11) is 0. The van der Waals surface area contributed by atoms with Crippen LogP contribution in [0.4, 0.5) is 5.82 Å². The summed E-state index contributed by atoms with van der Waals surface area (Å²) >= 11 is 0. The quantitative estimate of drug-likeness (QED) is 0.728. The first-order chi connectivity index (χ1) is 14.6. The van der Waals surface area contributed by atoms with Gasteiger partial charge in [0.25, 0.3) is 0 Å². The van der Waals surface area contributed by atoms with Crippen molar-refractivity contribution in [3.63, 3.8) is 0 Å². The molecule has 30 heavy (non-hydrogen) atoms. The topological polar surface area (TPSA) is 90.6 Å². The molecule has 0 radical (unpaired) electrons. The van der Waals surface area contributed by atoms with Gasteiger partial charge in [-0.05, 0) is 38.8 Å². The summed E-state index contributed by atoms with van der Waals surface area (Å²) in [6, 6.07) is 4.22. The summed E-state index contributed by atoms with van der Waals surface area (Å²) < 4.78 is 5.47. The standard InChI is InChI=1S/C21H31N7O2/c1-16(2)23-19(29)14-26-9-11-27(12-10-26)15-20-24-21(25-30-20)17-5-6-18(22-13-17)28-7-3-4-8-28/h5-6,13,16H,3-4,7-12,14-15H2,1-2H3,(H,23,29). The number of piperazine rings is 1. The van der Waals surface area contributed by atoms with E-state index < -0.39 is 0 Å². The molecule has 0 saturated carbocycles. The third kappa shape index (κ3) is 5.34. The van der Waals surface area contributed by atoms with E-state index in [-0.39, 0.29) is 11.9 Å². The Morgan fingerprint density at radius 2 is 1.83 bits per heavy atom. The van der Waals surface area contributed by atoms with Crippen molar-refractivity contribution < 1.29 is 9.32 Å². The number of pyridine rings is 1. The monoisotopic (exact) mass is 413 g/mol. The molecular formula is C21H31N7O2. The molecule has 0 aromatic carbocycles. The molecule has 2 fully saturated rings. The van der Waals surface area contributed by atoms with E-state index in [0.717, 1.165) is 50.6 Å². The predicted molar refractivity (Wildman–Crippen MR) is 114 cm³/mol. The van der Waals surface area contributed by atoms with E-state index in [9.17, 15) is 4.79 Å². The normalized spacial score (nSPS) is 18.3. The van der Waals surface area contributed by atoms with Crippen LogP contribution in [0.25, 0.3) is 11.4 Å². The van der Waals surface area contributed by atoms with Crippen molar-refractivity contribution in [3.05, 3.63) is 24.2 Å². The zero-order valence-corrected chi connectivity index (χ0v) is 17.9. The van der Waals surface area contributed by atoms with Crippen molar-refractivity contribution in [3.8, 4) is 11.4 Å². The average Bonchev–Trinajstić information content (AvgIpc) is 3.41. The van der Waals surface area contributed by atoms with Gasteiger partial charge in [-0.15, -0.1) is 0 Å². The fourth-order valence-corrected chi connectivity index (χ4v) is 3.96. The van der Waals surface area contributed by atoms with Gasteiger partial charge < -0.3 is 14.7 Å². The second-order valence-electron chi connectivity index (χ2n) is 8.39. The molecule has 0 aliphatic carbocycles. The van der Waals surface area contributed by atoms with Gasteiger partial charge in [-0.2, -0.15) is 4.98 Å². The number of aromatic nitrogens is 3. The Bertz CT molecular complexity index is 822. The number of carbonyl (C=O) groups excluding carboxylic acids is 1. The molecule has 1 amide bonds. The Kier molecular flexibility index (Phi) is 6.59. The molecular weight excluding hydrogens is 382 g/mol. The number of nitrogens with one attached hydrogen (secondary N) is 1. The van der Waals surface area contributed by atoms with Gasteiger partial charge in [0.1, 0.15) is 5.82 Å². The maximum Gasteiger partial charge on any atom is 0.241 e. The fourth-order valence-electron chi connectivity index (χ4n) is 3.96. The summed E-state index contributed by atoms with van der Waals surface area (Å²) in [5.41, 5.74) is 0.869. The average molecular weight is 414 g/mol. The number of rotatable bonds is 7. The van der Waals surface area contributed by atoms with Gasteiger partial charge in [-0.1, -0.05) is 5.16 Å². The smallest absolute Gasteiger partial charge is 0.241 e. The van der Waals surface area contributed by atoms with Crippen molar-refractivity contribution in [2.45, 2.75) is 39.3 Å². The second kappa shape index (κ2) is 9.53. The first-order valence-electron chi connectivity index (χ1n) is 10.8. The van der Waals surface area contributed by atoms with Crippen LogP contribution in [0.15, 0.2) is 22.9 Å². The lowest BCUT2D eigenvalue weighted by Crippen LogP contribution is -2.49. The van der Waals surface area contributed by atoms with Crippen LogP contribution in [0.5, 0.6) is 0 Å². The lowest BCUT2D eigenvalue weighted by molar-refractivity contribution is -0.123. The molecule has 1 N–H and O–H groups in total. The fraction of sp³-hybridized carbons (Fsp3) is 0.619. The molecule has 9 heteroatoms. The largest absolute Gasteiger partial charge is 0.357 e. The van der Waals surface area contributed by atoms with E-state index >= 15 is 0 Å². The molecule has 0 atom stereocenters.